The Morgan fingerprint density at radius 2 is 1.90 bits per heavy atom. The highest BCUT2D eigenvalue weighted by Crippen LogP contribution is 2.25. The van der Waals surface area contributed by atoms with Crippen LogP contribution in [0.1, 0.15) is 11.9 Å². The van der Waals surface area contributed by atoms with Gasteiger partial charge >= 0.3 is 0 Å². The molecule has 1 unspecified atom stereocenters. The van der Waals surface area contributed by atoms with Gasteiger partial charge < -0.3 is 14.3 Å². The highest BCUT2D eigenvalue weighted by atomic mass is 19.2. The van der Waals surface area contributed by atoms with E-state index in [0.717, 1.165) is 11.5 Å². The average Bonchev–Trinajstić information content (AvgIpc) is 2.92. The maximum Gasteiger partial charge on any atom is 0.200 e. The number of hydrogen-bond acceptors (Lipinski definition) is 3. The number of halogens is 2. The van der Waals surface area contributed by atoms with E-state index in [1.54, 1.807) is 12.1 Å². The van der Waals surface area contributed by atoms with E-state index in [1.165, 1.54) is 12.1 Å². The van der Waals surface area contributed by atoms with Crippen molar-refractivity contribution in [3.63, 3.8) is 0 Å². The second kappa shape index (κ2) is 5.54. The zero-order valence-electron chi connectivity index (χ0n) is 10.9. The quantitative estimate of drug-likeness (QED) is 0.794. The first-order valence-corrected chi connectivity index (χ1v) is 6.38. The van der Waals surface area contributed by atoms with Gasteiger partial charge in [-0.15, -0.1) is 0 Å². The summed E-state index contributed by atoms with van der Waals surface area (Å²) >= 11 is 0. The molecule has 108 valence electrons. The maximum absolute atomic E-state index is 13.4. The zero-order valence-corrected chi connectivity index (χ0v) is 10.9. The van der Waals surface area contributed by atoms with Gasteiger partial charge in [0.25, 0.3) is 0 Å². The van der Waals surface area contributed by atoms with Crippen LogP contribution in [-0.2, 0) is 0 Å². The molecule has 2 aromatic carbocycles. The Hall–Kier alpha value is -2.40. The summed E-state index contributed by atoms with van der Waals surface area (Å²) in [6.45, 7) is -0.236. The summed E-state index contributed by atoms with van der Waals surface area (Å²) in [7, 11) is 0. The molecular formula is C16H12F2O3. The molecule has 21 heavy (non-hydrogen) atoms. The summed E-state index contributed by atoms with van der Waals surface area (Å²) in [5, 5.41) is 10.9. The van der Waals surface area contributed by atoms with Gasteiger partial charge in [-0.25, -0.2) is 4.39 Å². The van der Waals surface area contributed by atoms with E-state index >= 15 is 0 Å². The number of aliphatic hydroxyl groups is 1. The average molecular weight is 290 g/mol. The van der Waals surface area contributed by atoms with Crippen LogP contribution in [0, 0.1) is 11.6 Å². The van der Waals surface area contributed by atoms with Gasteiger partial charge in [0.15, 0.2) is 11.6 Å². The van der Waals surface area contributed by atoms with Gasteiger partial charge in [-0.1, -0.05) is 24.3 Å². The number of ether oxygens (including phenoxy) is 1. The molecule has 1 N–H and O–H groups in total. The molecule has 5 heteroatoms. The molecule has 1 aromatic heterocycles. The minimum absolute atomic E-state index is 0.236. The molecule has 0 saturated carbocycles. The predicted octanol–water partition coefficient (Wildman–Crippen LogP) is 3.82. The highest BCUT2D eigenvalue weighted by molar-refractivity contribution is 5.77. The summed E-state index contributed by atoms with van der Waals surface area (Å²) in [6, 6.07) is 12.6. The van der Waals surface area contributed by atoms with Crippen molar-refractivity contribution in [3.05, 3.63) is 65.9 Å². The fourth-order valence-corrected chi connectivity index (χ4v) is 2.01. The molecule has 3 nitrogen and oxygen atoms in total. The number of hydrogen-bond donors (Lipinski definition) is 1. The number of furan rings is 1. The Morgan fingerprint density at radius 1 is 1.10 bits per heavy atom. The van der Waals surface area contributed by atoms with Crippen LogP contribution < -0.4 is 4.74 Å². The van der Waals surface area contributed by atoms with Crippen molar-refractivity contribution in [2.75, 3.05) is 6.61 Å². The molecule has 1 atom stereocenters. The fraction of sp³-hybridized carbons (Fsp3) is 0.125. The third kappa shape index (κ3) is 2.73. The first kappa shape index (κ1) is 13.6. The Kier molecular flexibility index (Phi) is 3.58. The van der Waals surface area contributed by atoms with E-state index in [-0.39, 0.29) is 12.4 Å². The predicted molar refractivity (Wildman–Crippen MR) is 73.0 cm³/mol. The summed E-state index contributed by atoms with van der Waals surface area (Å²) in [6.07, 6.45) is -1.07. The van der Waals surface area contributed by atoms with E-state index in [9.17, 15) is 13.9 Å². The summed E-state index contributed by atoms with van der Waals surface area (Å²) in [4.78, 5) is 0. The SMILES string of the molecule is OC(COc1cccc(F)c1F)c1cc2ccccc2o1. The third-order valence-corrected chi connectivity index (χ3v) is 3.09. The molecule has 0 aliphatic rings. The van der Waals surface area contributed by atoms with Gasteiger partial charge in [0.05, 0.1) is 0 Å². The number of para-hydroxylation sites is 1. The Labute approximate surface area is 119 Å². The van der Waals surface area contributed by atoms with Crippen molar-refractivity contribution in [1.82, 2.24) is 0 Å². The van der Waals surface area contributed by atoms with Crippen molar-refractivity contribution in [1.29, 1.82) is 0 Å². The third-order valence-electron chi connectivity index (χ3n) is 3.09. The van der Waals surface area contributed by atoms with Crippen LogP contribution in [-0.4, -0.2) is 11.7 Å². The van der Waals surface area contributed by atoms with Crippen molar-refractivity contribution in [2.45, 2.75) is 6.10 Å². The van der Waals surface area contributed by atoms with E-state index in [4.69, 9.17) is 9.15 Å². The molecule has 0 fully saturated rings. The highest BCUT2D eigenvalue weighted by Gasteiger charge is 2.16. The maximum atomic E-state index is 13.4. The molecule has 0 aliphatic carbocycles. The van der Waals surface area contributed by atoms with Crippen LogP contribution in [0.3, 0.4) is 0 Å². The van der Waals surface area contributed by atoms with E-state index in [2.05, 4.69) is 0 Å². The van der Waals surface area contributed by atoms with Crippen LogP contribution in [0.4, 0.5) is 8.78 Å². The van der Waals surface area contributed by atoms with Gasteiger partial charge in [0.1, 0.15) is 24.1 Å². The smallest absolute Gasteiger partial charge is 0.200 e. The second-order valence-electron chi connectivity index (χ2n) is 4.57. The number of aliphatic hydroxyl groups excluding tert-OH is 1. The van der Waals surface area contributed by atoms with E-state index in [0.29, 0.717) is 11.3 Å². The molecule has 0 radical (unpaired) electrons. The molecule has 3 rings (SSSR count). The molecular weight excluding hydrogens is 278 g/mol. The normalized spacial score (nSPS) is 12.5. The number of fused-ring (bicyclic) bond motifs is 1. The topological polar surface area (TPSA) is 42.6 Å². The minimum Gasteiger partial charge on any atom is -0.487 e. The van der Waals surface area contributed by atoms with Crippen LogP contribution >= 0.6 is 0 Å². The van der Waals surface area contributed by atoms with Gasteiger partial charge in [0, 0.05) is 5.39 Å². The monoisotopic (exact) mass is 290 g/mol. The molecule has 3 aromatic rings. The summed E-state index contributed by atoms with van der Waals surface area (Å²) in [5.41, 5.74) is 0.642. The lowest BCUT2D eigenvalue weighted by atomic mass is 10.2. The second-order valence-corrected chi connectivity index (χ2v) is 4.57. The van der Waals surface area contributed by atoms with Crippen LogP contribution in [0.5, 0.6) is 5.75 Å². The van der Waals surface area contributed by atoms with Crippen molar-refractivity contribution < 1.29 is 23.0 Å². The first-order valence-electron chi connectivity index (χ1n) is 6.38. The number of rotatable bonds is 4. The van der Waals surface area contributed by atoms with E-state index < -0.39 is 17.7 Å². The largest absolute Gasteiger partial charge is 0.487 e. The standard InChI is InChI=1S/C16H12F2O3/c17-11-5-3-7-14(16(11)18)20-9-12(19)15-8-10-4-1-2-6-13(10)21-15/h1-8,12,19H,9H2. The van der Waals surface area contributed by atoms with Crippen LogP contribution in [0.25, 0.3) is 11.0 Å². The van der Waals surface area contributed by atoms with Crippen molar-refractivity contribution in [2.24, 2.45) is 0 Å². The lowest BCUT2D eigenvalue weighted by Gasteiger charge is -2.10. The minimum atomic E-state index is -1.07. The fourth-order valence-electron chi connectivity index (χ4n) is 2.01. The van der Waals surface area contributed by atoms with Gasteiger partial charge in [-0.3, -0.25) is 0 Å². The summed E-state index contributed by atoms with van der Waals surface area (Å²) in [5.74, 6) is -2.00. The van der Waals surface area contributed by atoms with Crippen molar-refractivity contribution >= 4 is 11.0 Å². The van der Waals surface area contributed by atoms with Gasteiger partial charge in [-0.2, -0.15) is 4.39 Å². The molecule has 0 spiro atoms. The summed E-state index contributed by atoms with van der Waals surface area (Å²) < 4.78 is 37.0. The van der Waals surface area contributed by atoms with Gasteiger partial charge in [0.2, 0.25) is 5.82 Å². The lowest BCUT2D eigenvalue weighted by molar-refractivity contribution is 0.0879. The number of benzene rings is 2. The first-order chi connectivity index (χ1) is 10.1. The molecule has 0 aliphatic heterocycles. The zero-order chi connectivity index (χ0) is 14.8. The van der Waals surface area contributed by atoms with Crippen molar-refractivity contribution in [3.8, 4) is 5.75 Å². The van der Waals surface area contributed by atoms with Crippen LogP contribution in [0.2, 0.25) is 0 Å². The molecule has 0 saturated heterocycles. The molecule has 0 amide bonds. The Balaban J connectivity index is 1.74. The van der Waals surface area contributed by atoms with E-state index in [1.807, 2.05) is 18.2 Å². The Morgan fingerprint density at radius 3 is 2.71 bits per heavy atom. The molecule has 0 bridgehead atoms. The van der Waals surface area contributed by atoms with Gasteiger partial charge in [-0.05, 0) is 24.3 Å². The lowest BCUT2D eigenvalue weighted by Crippen LogP contribution is -2.10. The Bertz CT molecular complexity index is 734. The van der Waals surface area contributed by atoms with Crippen LogP contribution in [0.15, 0.2) is 52.9 Å². The molecule has 1 heterocycles.